The van der Waals surface area contributed by atoms with E-state index in [9.17, 15) is 24.9 Å². The minimum Gasteiger partial charge on any atom is -0.504 e. The highest BCUT2D eigenvalue weighted by molar-refractivity contribution is 6.24. The zero-order valence-electron chi connectivity index (χ0n) is 13.5. The van der Waals surface area contributed by atoms with E-state index in [2.05, 4.69) is 0 Å². The zero-order chi connectivity index (χ0) is 18.6. The lowest BCUT2D eigenvalue weighted by Crippen LogP contribution is -2.07. The summed E-state index contributed by atoms with van der Waals surface area (Å²) in [6.45, 7) is 0. The number of methoxy groups -OCH3 is 2. The first-order chi connectivity index (χ1) is 11.9. The van der Waals surface area contributed by atoms with E-state index < -0.39 is 11.7 Å². The Hall–Kier alpha value is -3.48. The van der Waals surface area contributed by atoms with Crippen LogP contribution in [0.1, 0.15) is 21.5 Å². The van der Waals surface area contributed by atoms with Gasteiger partial charge in [0.05, 0.1) is 19.8 Å². The predicted octanol–water partition coefficient (Wildman–Crippen LogP) is 2.34. The molecule has 2 rings (SSSR count). The minimum atomic E-state index is -0.806. The van der Waals surface area contributed by atoms with E-state index in [0.717, 1.165) is 7.11 Å². The van der Waals surface area contributed by atoms with Crippen LogP contribution in [-0.2, 0) is 9.53 Å². The second-order valence-corrected chi connectivity index (χ2v) is 5.00. The lowest BCUT2D eigenvalue weighted by Gasteiger charge is -2.13. The number of hydrogen-bond acceptors (Lipinski definition) is 7. The lowest BCUT2D eigenvalue weighted by atomic mass is 9.96. The molecule has 0 unspecified atom stereocenters. The third-order valence-corrected chi connectivity index (χ3v) is 3.51. The maximum atomic E-state index is 12.2. The summed E-state index contributed by atoms with van der Waals surface area (Å²) in [5, 5.41) is 29.3. The Labute approximate surface area is 143 Å². The Morgan fingerprint density at radius 2 is 1.76 bits per heavy atom. The van der Waals surface area contributed by atoms with Gasteiger partial charge in [-0.05, 0) is 35.9 Å². The van der Waals surface area contributed by atoms with Crippen molar-refractivity contribution in [2.75, 3.05) is 14.2 Å². The predicted molar refractivity (Wildman–Crippen MR) is 89.7 cm³/mol. The molecule has 25 heavy (non-hydrogen) atoms. The molecular formula is C18H16O7. The number of carbonyl (C=O) groups is 2. The van der Waals surface area contributed by atoms with Crippen LogP contribution in [0.3, 0.4) is 0 Å². The monoisotopic (exact) mass is 344 g/mol. The maximum Gasteiger partial charge on any atom is 0.338 e. The molecular weight excluding hydrogens is 328 g/mol. The molecule has 0 amide bonds. The second-order valence-electron chi connectivity index (χ2n) is 5.00. The average Bonchev–Trinajstić information content (AvgIpc) is 2.62. The summed E-state index contributed by atoms with van der Waals surface area (Å²) in [6, 6.07) is 6.68. The highest BCUT2D eigenvalue weighted by Gasteiger charge is 2.23. The number of hydrogen-bond donors (Lipinski definition) is 3. The molecule has 130 valence electrons. The van der Waals surface area contributed by atoms with Crippen molar-refractivity contribution < 1.29 is 34.4 Å². The summed E-state index contributed by atoms with van der Waals surface area (Å²) in [6.07, 6.45) is 1.80. The molecule has 7 nitrogen and oxygen atoms in total. The molecule has 0 saturated heterocycles. The quantitative estimate of drug-likeness (QED) is 0.251. The number of carbonyl (C=O) groups excluding carboxylic acids is 2. The first-order valence-electron chi connectivity index (χ1n) is 7.10. The topological polar surface area (TPSA) is 113 Å². The largest absolute Gasteiger partial charge is 0.504 e. The number of aromatic hydroxyl groups is 3. The van der Waals surface area contributed by atoms with Gasteiger partial charge in [-0.1, -0.05) is 6.07 Å². The van der Waals surface area contributed by atoms with Crippen LogP contribution in [0.25, 0.3) is 11.6 Å². The van der Waals surface area contributed by atoms with E-state index >= 15 is 0 Å². The van der Waals surface area contributed by atoms with Crippen molar-refractivity contribution in [3.63, 3.8) is 0 Å². The second kappa shape index (κ2) is 7.39. The van der Waals surface area contributed by atoms with Gasteiger partial charge in [0.2, 0.25) is 0 Å². The number of aldehydes is 1. The normalized spacial score (nSPS) is 11.0. The summed E-state index contributed by atoms with van der Waals surface area (Å²) in [5.41, 5.74) is 0.215. The number of benzene rings is 2. The number of phenols is 3. The Bertz CT molecular complexity index is 853. The van der Waals surface area contributed by atoms with Crippen molar-refractivity contribution in [2.45, 2.75) is 0 Å². The molecule has 0 spiro atoms. The van der Waals surface area contributed by atoms with Gasteiger partial charge in [0.15, 0.2) is 29.3 Å². The van der Waals surface area contributed by atoms with Gasteiger partial charge in [0.1, 0.15) is 0 Å². The van der Waals surface area contributed by atoms with Crippen molar-refractivity contribution in [1.29, 1.82) is 0 Å². The van der Waals surface area contributed by atoms with E-state index in [1.807, 2.05) is 0 Å². The smallest absolute Gasteiger partial charge is 0.338 e. The molecule has 0 atom stereocenters. The summed E-state index contributed by atoms with van der Waals surface area (Å²) in [7, 11) is 2.49. The number of esters is 1. The zero-order valence-corrected chi connectivity index (χ0v) is 13.5. The Morgan fingerprint density at radius 1 is 1.04 bits per heavy atom. The molecule has 7 heteroatoms. The van der Waals surface area contributed by atoms with Crippen LogP contribution in [0.4, 0.5) is 0 Å². The van der Waals surface area contributed by atoms with Gasteiger partial charge in [-0.25, -0.2) is 4.79 Å². The molecule has 0 fully saturated rings. The highest BCUT2D eigenvalue weighted by Crippen LogP contribution is 2.38. The van der Waals surface area contributed by atoms with Crippen LogP contribution < -0.4 is 4.74 Å². The summed E-state index contributed by atoms with van der Waals surface area (Å²) >= 11 is 0. The van der Waals surface area contributed by atoms with Crippen molar-refractivity contribution >= 4 is 23.9 Å². The fourth-order valence-electron chi connectivity index (χ4n) is 2.27. The van der Waals surface area contributed by atoms with Gasteiger partial charge in [-0.15, -0.1) is 0 Å². The summed E-state index contributed by atoms with van der Waals surface area (Å²) in [4.78, 5) is 23.6. The van der Waals surface area contributed by atoms with Gasteiger partial charge < -0.3 is 24.8 Å². The van der Waals surface area contributed by atoms with Gasteiger partial charge >= 0.3 is 5.97 Å². The Kier molecular flexibility index (Phi) is 5.28. The third-order valence-electron chi connectivity index (χ3n) is 3.51. The van der Waals surface area contributed by atoms with E-state index in [-0.39, 0.29) is 33.9 Å². The molecule has 0 aliphatic rings. The first kappa shape index (κ1) is 17.9. The molecule has 0 aliphatic carbocycles. The van der Waals surface area contributed by atoms with E-state index in [0.29, 0.717) is 11.8 Å². The average molecular weight is 344 g/mol. The van der Waals surface area contributed by atoms with Crippen molar-refractivity contribution in [3.8, 4) is 23.0 Å². The molecule has 0 heterocycles. The van der Waals surface area contributed by atoms with Gasteiger partial charge in [-0.2, -0.15) is 0 Å². The fourth-order valence-corrected chi connectivity index (χ4v) is 2.27. The highest BCUT2D eigenvalue weighted by atomic mass is 16.5. The number of ether oxygens (including phenoxy) is 2. The fraction of sp³-hybridized carbons (Fsp3) is 0.111. The SMILES string of the molecule is COC(=O)/C(=C/c1ccc(O)c(O)c1)c1c(C=O)ccc(OC)c1O. The van der Waals surface area contributed by atoms with E-state index in [4.69, 9.17) is 9.47 Å². The molecule has 0 bridgehead atoms. The van der Waals surface area contributed by atoms with E-state index in [1.165, 1.54) is 43.5 Å². The third kappa shape index (κ3) is 3.55. The lowest BCUT2D eigenvalue weighted by molar-refractivity contribution is -0.133. The van der Waals surface area contributed by atoms with Crippen LogP contribution in [0.15, 0.2) is 30.3 Å². The summed E-state index contributed by atoms with van der Waals surface area (Å²) in [5.74, 6) is -1.84. The number of phenolic OH excluding ortho intramolecular Hbond substituents is 3. The van der Waals surface area contributed by atoms with Crippen LogP contribution in [0.5, 0.6) is 23.0 Å². The van der Waals surface area contributed by atoms with Crippen molar-refractivity contribution in [1.82, 2.24) is 0 Å². The number of rotatable bonds is 5. The van der Waals surface area contributed by atoms with Crippen LogP contribution in [0.2, 0.25) is 0 Å². The van der Waals surface area contributed by atoms with Crippen LogP contribution in [0, 0.1) is 0 Å². The first-order valence-corrected chi connectivity index (χ1v) is 7.10. The van der Waals surface area contributed by atoms with Gasteiger partial charge in [0, 0.05) is 11.1 Å². The van der Waals surface area contributed by atoms with Crippen LogP contribution in [-0.4, -0.2) is 41.8 Å². The van der Waals surface area contributed by atoms with Crippen LogP contribution >= 0.6 is 0 Å². The molecule has 0 saturated carbocycles. The molecule has 2 aromatic carbocycles. The Morgan fingerprint density at radius 3 is 2.32 bits per heavy atom. The van der Waals surface area contributed by atoms with E-state index in [1.54, 1.807) is 0 Å². The van der Waals surface area contributed by atoms with Crippen molar-refractivity contribution in [2.24, 2.45) is 0 Å². The standard InChI is InChI=1S/C18H16O7/c1-24-15-6-4-11(9-19)16(17(15)22)12(18(23)25-2)7-10-3-5-13(20)14(21)8-10/h3-9,20-22H,1-2H3/b12-7+. The minimum absolute atomic E-state index is 0.0537. The van der Waals surface area contributed by atoms with Gasteiger partial charge in [0.25, 0.3) is 0 Å². The summed E-state index contributed by atoms with van der Waals surface area (Å²) < 4.78 is 9.75. The molecule has 2 aromatic rings. The maximum absolute atomic E-state index is 12.2. The molecule has 0 aromatic heterocycles. The molecule has 0 aliphatic heterocycles. The van der Waals surface area contributed by atoms with Crippen molar-refractivity contribution in [3.05, 3.63) is 47.0 Å². The molecule has 0 radical (unpaired) electrons. The molecule has 3 N–H and O–H groups in total. The Balaban J connectivity index is 2.74. The van der Waals surface area contributed by atoms with Gasteiger partial charge in [-0.3, -0.25) is 4.79 Å².